The van der Waals surface area contributed by atoms with Gasteiger partial charge in [0.2, 0.25) is 0 Å². The Morgan fingerprint density at radius 1 is 1.59 bits per heavy atom. The molecular weight excluding hydrogens is 224 g/mol. The van der Waals surface area contributed by atoms with Crippen LogP contribution in [0.4, 0.5) is 4.79 Å². The van der Waals surface area contributed by atoms with Gasteiger partial charge < -0.3 is 20.1 Å². The molecule has 6 nitrogen and oxygen atoms in total. The van der Waals surface area contributed by atoms with Crippen LogP contribution in [0.3, 0.4) is 0 Å². The van der Waals surface area contributed by atoms with E-state index in [9.17, 15) is 9.59 Å². The lowest BCUT2D eigenvalue weighted by atomic mass is 9.85. The number of rotatable bonds is 4. The van der Waals surface area contributed by atoms with Gasteiger partial charge in [-0.25, -0.2) is 4.79 Å². The van der Waals surface area contributed by atoms with Crippen LogP contribution in [0.25, 0.3) is 0 Å². The number of carboxylic acids is 1. The minimum absolute atomic E-state index is 0.130. The number of urea groups is 1. The van der Waals surface area contributed by atoms with Crippen LogP contribution in [-0.4, -0.2) is 54.9 Å². The van der Waals surface area contributed by atoms with E-state index in [0.717, 1.165) is 6.42 Å². The molecule has 0 aromatic carbocycles. The van der Waals surface area contributed by atoms with Crippen molar-refractivity contribution in [3.8, 4) is 0 Å². The van der Waals surface area contributed by atoms with Crippen LogP contribution in [0.1, 0.15) is 20.3 Å². The number of hydrogen-bond acceptors (Lipinski definition) is 3. The molecule has 2 amide bonds. The van der Waals surface area contributed by atoms with Crippen LogP contribution in [0.2, 0.25) is 0 Å². The number of carbonyl (C=O) groups is 2. The SMILES string of the molecule is CCCN(C)C(=O)NC1COCC1(C)C(=O)O. The highest BCUT2D eigenvalue weighted by molar-refractivity contribution is 5.79. The van der Waals surface area contributed by atoms with Crippen LogP contribution in [0, 0.1) is 5.41 Å². The van der Waals surface area contributed by atoms with Crippen LogP contribution in [0.15, 0.2) is 0 Å². The van der Waals surface area contributed by atoms with Gasteiger partial charge in [0.05, 0.1) is 19.3 Å². The van der Waals surface area contributed by atoms with Crippen LogP contribution in [-0.2, 0) is 9.53 Å². The van der Waals surface area contributed by atoms with E-state index in [1.54, 1.807) is 18.9 Å². The third-order valence-corrected chi connectivity index (χ3v) is 3.15. The van der Waals surface area contributed by atoms with Gasteiger partial charge in [0.25, 0.3) is 0 Å². The second kappa shape index (κ2) is 5.35. The van der Waals surface area contributed by atoms with E-state index < -0.39 is 17.4 Å². The van der Waals surface area contributed by atoms with E-state index in [1.165, 1.54) is 0 Å². The summed E-state index contributed by atoms with van der Waals surface area (Å²) in [6, 6.07) is -0.735. The lowest BCUT2D eigenvalue weighted by Gasteiger charge is -2.27. The Balaban J connectivity index is 2.62. The molecule has 1 heterocycles. The molecule has 2 unspecified atom stereocenters. The summed E-state index contributed by atoms with van der Waals surface area (Å²) in [5.41, 5.74) is -1.04. The van der Waals surface area contributed by atoms with Crippen molar-refractivity contribution in [2.75, 3.05) is 26.8 Å². The summed E-state index contributed by atoms with van der Waals surface area (Å²) in [5.74, 6) is -0.946. The first kappa shape index (κ1) is 13.8. The second-order valence-corrected chi connectivity index (χ2v) is 4.66. The Hall–Kier alpha value is -1.30. The number of nitrogens with one attached hydrogen (secondary N) is 1. The molecule has 1 saturated heterocycles. The maximum absolute atomic E-state index is 11.8. The first-order chi connectivity index (χ1) is 7.91. The smallest absolute Gasteiger partial charge is 0.317 e. The molecule has 2 N–H and O–H groups in total. The number of aliphatic carboxylic acids is 1. The maximum Gasteiger partial charge on any atom is 0.317 e. The van der Waals surface area contributed by atoms with Gasteiger partial charge in [-0.05, 0) is 13.3 Å². The molecule has 1 fully saturated rings. The van der Waals surface area contributed by atoms with Gasteiger partial charge in [0.1, 0.15) is 5.41 Å². The summed E-state index contributed by atoms with van der Waals surface area (Å²) in [4.78, 5) is 24.5. The Labute approximate surface area is 101 Å². The minimum Gasteiger partial charge on any atom is -0.481 e. The Kier molecular flexibility index (Phi) is 4.34. The Morgan fingerprint density at radius 2 is 2.24 bits per heavy atom. The van der Waals surface area contributed by atoms with Crippen LogP contribution >= 0.6 is 0 Å². The largest absolute Gasteiger partial charge is 0.481 e. The maximum atomic E-state index is 11.8. The number of amides is 2. The average molecular weight is 244 g/mol. The van der Waals surface area contributed by atoms with Crippen molar-refractivity contribution in [1.29, 1.82) is 0 Å². The summed E-state index contributed by atoms with van der Waals surface area (Å²) in [6.07, 6.45) is 0.862. The van der Waals surface area contributed by atoms with E-state index in [0.29, 0.717) is 6.54 Å². The molecule has 0 aromatic heterocycles. The summed E-state index contributed by atoms with van der Waals surface area (Å²) in [6.45, 7) is 4.58. The second-order valence-electron chi connectivity index (χ2n) is 4.66. The fourth-order valence-electron chi connectivity index (χ4n) is 1.78. The molecule has 1 aliphatic heterocycles. The molecule has 6 heteroatoms. The molecule has 0 aromatic rings. The molecule has 0 spiro atoms. The number of carbonyl (C=O) groups excluding carboxylic acids is 1. The van der Waals surface area contributed by atoms with Gasteiger partial charge in [0, 0.05) is 13.6 Å². The first-order valence-electron chi connectivity index (χ1n) is 5.74. The molecule has 1 aliphatic rings. The summed E-state index contributed by atoms with van der Waals surface area (Å²) in [5, 5.41) is 11.9. The molecule has 0 saturated carbocycles. The number of carboxylic acid groups (broad SMARTS) is 1. The van der Waals surface area contributed by atoms with Crippen LogP contribution < -0.4 is 5.32 Å². The topological polar surface area (TPSA) is 78.9 Å². The van der Waals surface area contributed by atoms with Crippen molar-refractivity contribution in [3.63, 3.8) is 0 Å². The van der Waals surface area contributed by atoms with E-state index >= 15 is 0 Å². The summed E-state index contributed by atoms with van der Waals surface area (Å²) < 4.78 is 5.16. The van der Waals surface area contributed by atoms with E-state index in [4.69, 9.17) is 9.84 Å². The minimum atomic E-state index is -1.04. The predicted molar refractivity (Wildman–Crippen MR) is 61.8 cm³/mol. The van der Waals surface area contributed by atoms with Crippen molar-refractivity contribution in [2.45, 2.75) is 26.3 Å². The zero-order valence-electron chi connectivity index (χ0n) is 10.5. The van der Waals surface area contributed by atoms with E-state index in [2.05, 4.69) is 5.32 Å². The number of ether oxygens (including phenoxy) is 1. The van der Waals surface area contributed by atoms with Crippen molar-refractivity contribution in [3.05, 3.63) is 0 Å². The zero-order valence-corrected chi connectivity index (χ0v) is 10.5. The molecule has 2 atom stereocenters. The highest BCUT2D eigenvalue weighted by atomic mass is 16.5. The van der Waals surface area contributed by atoms with Gasteiger partial charge in [-0.3, -0.25) is 4.79 Å². The summed E-state index contributed by atoms with van der Waals surface area (Å²) >= 11 is 0. The van der Waals surface area contributed by atoms with Crippen molar-refractivity contribution >= 4 is 12.0 Å². The van der Waals surface area contributed by atoms with Gasteiger partial charge in [-0.1, -0.05) is 6.92 Å². The fraction of sp³-hybridized carbons (Fsp3) is 0.818. The third kappa shape index (κ3) is 2.88. The molecule has 17 heavy (non-hydrogen) atoms. The quantitative estimate of drug-likeness (QED) is 0.756. The number of hydrogen-bond donors (Lipinski definition) is 2. The monoisotopic (exact) mass is 244 g/mol. The van der Waals surface area contributed by atoms with Crippen LogP contribution in [0.5, 0.6) is 0 Å². The molecule has 0 radical (unpaired) electrons. The average Bonchev–Trinajstić information content (AvgIpc) is 2.62. The van der Waals surface area contributed by atoms with E-state index in [-0.39, 0.29) is 19.2 Å². The Bertz CT molecular complexity index is 308. The van der Waals surface area contributed by atoms with Crippen molar-refractivity contribution in [1.82, 2.24) is 10.2 Å². The Morgan fingerprint density at radius 3 is 2.76 bits per heavy atom. The first-order valence-corrected chi connectivity index (χ1v) is 5.74. The highest BCUT2D eigenvalue weighted by Gasteiger charge is 2.47. The molecular formula is C11H20N2O4. The number of nitrogens with zero attached hydrogens (tertiary/aromatic N) is 1. The molecule has 98 valence electrons. The molecule has 0 aliphatic carbocycles. The van der Waals surface area contributed by atoms with Gasteiger partial charge >= 0.3 is 12.0 Å². The summed E-state index contributed by atoms with van der Waals surface area (Å²) in [7, 11) is 1.69. The third-order valence-electron chi connectivity index (χ3n) is 3.15. The fourth-order valence-corrected chi connectivity index (χ4v) is 1.78. The van der Waals surface area contributed by atoms with Crippen molar-refractivity contribution < 1.29 is 19.4 Å². The lowest BCUT2D eigenvalue weighted by molar-refractivity contribution is -0.148. The van der Waals surface area contributed by atoms with Gasteiger partial charge in [-0.15, -0.1) is 0 Å². The lowest BCUT2D eigenvalue weighted by Crippen LogP contribution is -2.52. The molecule has 0 bridgehead atoms. The standard InChI is InChI=1S/C11H20N2O4/c1-4-5-13(3)10(16)12-8-6-17-7-11(8,2)9(14)15/h8H,4-7H2,1-3H3,(H,12,16)(H,14,15). The zero-order chi connectivity index (χ0) is 13.1. The molecule has 1 rings (SSSR count). The van der Waals surface area contributed by atoms with Gasteiger partial charge in [0.15, 0.2) is 0 Å². The van der Waals surface area contributed by atoms with E-state index in [1.807, 2.05) is 6.92 Å². The normalized spacial score (nSPS) is 27.8. The highest BCUT2D eigenvalue weighted by Crippen LogP contribution is 2.28. The predicted octanol–water partition coefficient (Wildman–Crippen LogP) is 0.527. The van der Waals surface area contributed by atoms with Gasteiger partial charge in [-0.2, -0.15) is 0 Å². The van der Waals surface area contributed by atoms with Crippen molar-refractivity contribution in [2.24, 2.45) is 5.41 Å².